The lowest BCUT2D eigenvalue weighted by Gasteiger charge is -2.21. The quantitative estimate of drug-likeness (QED) is 0.780. The summed E-state index contributed by atoms with van der Waals surface area (Å²) in [6.45, 7) is 3.13. The van der Waals surface area contributed by atoms with Crippen LogP contribution < -0.4 is 4.90 Å². The second-order valence-corrected chi connectivity index (χ2v) is 5.01. The first kappa shape index (κ1) is 15.7. The molecule has 0 fully saturated rings. The van der Waals surface area contributed by atoms with Crippen molar-refractivity contribution in [1.82, 2.24) is 19.7 Å². The lowest BCUT2D eigenvalue weighted by molar-refractivity contribution is 0.677. The van der Waals surface area contributed by atoms with Crippen molar-refractivity contribution in [3.63, 3.8) is 0 Å². The van der Waals surface area contributed by atoms with Crippen molar-refractivity contribution in [2.24, 2.45) is 0 Å². The number of pyridine rings is 1. The molecule has 0 saturated carbocycles. The van der Waals surface area contributed by atoms with Crippen molar-refractivity contribution in [3.8, 4) is 12.1 Å². The minimum absolute atomic E-state index is 0.129. The Bertz CT molecular complexity index is 740. The van der Waals surface area contributed by atoms with Crippen molar-refractivity contribution in [2.45, 2.75) is 19.9 Å². The largest absolute Gasteiger partial charge is 0.357 e. The summed E-state index contributed by atoms with van der Waals surface area (Å²) in [7, 11) is 1.83. The van der Waals surface area contributed by atoms with Crippen LogP contribution >= 0.6 is 11.6 Å². The molecule has 112 valence electrons. The highest BCUT2D eigenvalue weighted by molar-refractivity contribution is 6.30. The zero-order valence-corrected chi connectivity index (χ0v) is 13.0. The molecule has 2 aromatic rings. The van der Waals surface area contributed by atoms with Gasteiger partial charge in [0.15, 0.2) is 0 Å². The van der Waals surface area contributed by atoms with Crippen molar-refractivity contribution in [3.05, 3.63) is 34.5 Å². The highest BCUT2D eigenvalue weighted by Gasteiger charge is 2.20. The first-order valence-electron chi connectivity index (χ1n) is 6.68. The number of likely N-dealkylation sites (N-methyl/N-ethyl adjacent to an activating group) is 1. The Kier molecular flexibility index (Phi) is 4.92. The molecule has 2 rings (SSSR count). The summed E-state index contributed by atoms with van der Waals surface area (Å²) < 4.78 is 1.83. The van der Waals surface area contributed by atoms with Gasteiger partial charge in [-0.1, -0.05) is 18.5 Å². The normalized spacial score (nSPS) is 10.0. The molecule has 2 aromatic heterocycles. The van der Waals surface area contributed by atoms with Crippen LogP contribution in [0.15, 0.2) is 12.7 Å². The predicted octanol–water partition coefficient (Wildman–Crippen LogP) is 1.77. The first-order chi connectivity index (χ1) is 10.6. The van der Waals surface area contributed by atoms with E-state index in [1.807, 2.05) is 29.5 Å². The maximum atomic E-state index is 9.45. The molecule has 0 N–H and O–H groups in total. The van der Waals surface area contributed by atoms with E-state index in [1.54, 1.807) is 12.7 Å². The first-order valence-corrected chi connectivity index (χ1v) is 7.06. The van der Waals surface area contributed by atoms with Gasteiger partial charge in [0.1, 0.15) is 35.8 Å². The summed E-state index contributed by atoms with van der Waals surface area (Å²) in [6, 6.07) is 4.17. The third-order valence-corrected chi connectivity index (χ3v) is 3.61. The van der Waals surface area contributed by atoms with E-state index < -0.39 is 0 Å². The maximum absolute atomic E-state index is 9.45. The Morgan fingerprint density at radius 3 is 2.41 bits per heavy atom. The molecule has 2 heterocycles. The summed E-state index contributed by atoms with van der Waals surface area (Å²) in [6.07, 6.45) is 3.78. The number of anilines is 1. The third-order valence-electron chi connectivity index (χ3n) is 3.34. The van der Waals surface area contributed by atoms with Crippen molar-refractivity contribution in [2.75, 3.05) is 18.5 Å². The van der Waals surface area contributed by atoms with E-state index in [2.05, 4.69) is 21.3 Å². The molecule has 0 aromatic carbocycles. The van der Waals surface area contributed by atoms with E-state index >= 15 is 0 Å². The summed E-state index contributed by atoms with van der Waals surface area (Å²) in [5, 5.41) is 26.3. The highest BCUT2D eigenvalue weighted by atomic mass is 35.5. The van der Waals surface area contributed by atoms with Crippen LogP contribution in [0.5, 0.6) is 0 Å². The third kappa shape index (κ3) is 3.00. The van der Waals surface area contributed by atoms with E-state index in [1.165, 1.54) is 0 Å². The van der Waals surface area contributed by atoms with Gasteiger partial charge in [0.25, 0.3) is 0 Å². The van der Waals surface area contributed by atoms with Gasteiger partial charge in [0.05, 0.1) is 11.1 Å². The van der Waals surface area contributed by atoms with Gasteiger partial charge in [0.2, 0.25) is 0 Å². The van der Waals surface area contributed by atoms with Crippen LogP contribution in [-0.4, -0.2) is 33.3 Å². The molecule has 0 radical (unpaired) electrons. The van der Waals surface area contributed by atoms with Crippen molar-refractivity contribution in [1.29, 1.82) is 10.5 Å². The van der Waals surface area contributed by atoms with Crippen LogP contribution in [-0.2, 0) is 13.0 Å². The Morgan fingerprint density at radius 1 is 1.23 bits per heavy atom. The van der Waals surface area contributed by atoms with Crippen LogP contribution in [0, 0.1) is 22.7 Å². The van der Waals surface area contributed by atoms with Crippen LogP contribution in [0.25, 0.3) is 0 Å². The molecule has 0 spiro atoms. The Balaban J connectivity index is 2.36. The molecular formula is C14H14ClN7. The van der Waals surface area contributed by atoms with E-state index in [4.69, 9.17) is 11.6 Å². The Hall–Kier alpha value is -2.64. The molecule has 0 aliphatic heterocycles. The summed E-state index contributed by atoms with van der Waals surface area (Å²) in [4.78, 5) is 6.07. The maximum Gasteiger partial charge on any atom is 0.149 e. The fourth-order valence-corrected chi connectivity index (χ4v) is 2.40. The van der Waals surface area contributed by atoms with Gasteiger partial charge in [-0.25, -0.2) is 4.98 Å². The van der Waals surface area contributed by atoms with Crippen molar-refractivity contribution < 1.29 is 0 Å². The Labute approximate surface area is 133 Å². The zero-order valence-electron chi connectivity index (χ0n) is 12.3. The van der Waals surface area contributed by atoms with Crippen LogP contribution in [0.4, 0.5) is 5.82 Å². The second kappa shape index (κ2) is 6.88. The number of rotatable bonds is 5. The van der Waals surface area contributed by atoms with E-state index in [-0.39, 0.29) is 10.7 Å². The smallest absolute Gasteiger partial charge is 0.149 e. The summed E-state index contributed by atoms with van der Waals surface area (Å²) in [5.74, 6) is 0.483. The van der Waals surface area contributed by atoms with Gasteiger partial charge < -0.3 is 9.47 Å². The number of aromatic nitrogens is 4. The topological polar surface area (TPSA) is 94.4 Å². The number of hydrogen-bond donors (Lipinski definition) is 0. The Morgan fingerprint density at radius 2 is 1.86 bits per heavy atom. The fourth-order valence-electron chi connectivity index (χ4n) is 2.16. The molecule has 0 aliphatic rings. The van der Waals surface area contributed by atoms with Crippen LogP contribution in [0.2, 0.25) is 5.15 Å². The SMILES string of the molecule is CCc1c(C#N)c(Cl)nc(N(C)CCn2cnnc2)c1C#N. The predicted molar refractivity (Wildman–Crippen MR) is 81.3 cm³/mol. The average Bonchev–Trinajstić information content (AvgIpc) is 3.04. The molecule has 0 bridgehead atoms. The van der Waals surface area contributed by atoms with Crippen LogP contribution in [0.3, 0.4) is 0 Å². The highest BCUT2D eigenvalue weighted by Crippen LogP contribution is 2.28. The number of halogens is 1. The van der Waals surface area contributed by atoms with Gasteiger partial charge in [-0.2, -0.15) is 10.5 Å². The summed E-state index contributed by atoms with van der Waals surface area (Å²) >= 11 is 6.09. The average molecular weight is 316 g/mol. The van der Waals surface area contributed by atoms with E-state index in [9.17, 15) is 10.5 Å². The molecule has 0 amide bonds. The standard InChI is InChI=1S/C14H14ClN7/c1-3-10-11(6-16)13(15)20-14(12(10)7-17)21(2)4-5-22-8-18-19-9-22/h8-9H,3-5H2,1-2H3. The van der Waals surface area contributed by atoms with Gasteiger partial charge >= 0.3 is 0 Å². The van der Waals surface area contributed by atoms with Crippen molar-refractivity contribution >= 4 is 17.4 Å². The van der Waals surface area contributed by atoms with Gasteiger partial charge in [-0.05, 0) is 12.0 Å². The van der Waals surface area contributed by atoms with E-state index in [0.717, 1.165) is 0 Å². The molecule has 22 heavy (non-hydrogen) atoms. The molecule has 0 atom stereocenters. The lowest BCUT2D eigenvalue weighted by Crippen LogP contribution is -2.25. The summed E-state index contributed by atoms with van der Waals surface area (Å²) in [5.41, 5.74) is 1.31. The minimum Gasteiger partial charge on any atom is -0.357 e. The van der Waals surface area contributed by atoms with Crippen LogP contribution in [0.1, 0.15) is 23.6 Å². The fraction of sp³-hybridized carbons (Fsp3) is 0.357. The van der Waals surface area contributed by atoms with E-state index in [0.29, 0.717) is 36.5 Å². The number of nitrogens with zero attached hydrogens (tertiary/aromatic N) is 7. The molecule has 0 saturated heterocycles. The number of hydrogen-bond acceptors (Lipinski definition) is 6. The molecule has 8 heteroatoms. The monoisotopic (exact) mass is 315 g/mol. The lowest BCUT2D eigenvalue weighted by atomic mass is 10.0. The zero-order chi connectivity index (χ0) is 16.1. The van der Waals surface area contributed by atoms with Gasteiger partial charge in [0, 0.05) is 20.1 Å². The van der Waals surface area contributed by atoms with Gasteiger partial charge in [-0.3, -0.25) is 0 Å². The van der Waals surface area contributed by atoms with Gasteiger partial charge in [-0.15, -0.1) is 10.2 Å². The molecule has 0 aliphatic carbocycles. The molecule has 0 unspecified atom stereocenters. The second-order valence-electron chi connectivity index (χ2n) is 4.65. The number of nitriles is 2. The molecule has 7 nitrogen and oxygen atoms in total. The molecular weight excluding hydrogens is 302 g/mol. The minimum atomic E-state index is 0.129.